The fourth-order valence-corrected chi connectivity index (χ4v) is 1.30. The van der Waals surface area contributed by atoms with Crippen molar-refractivity contribution in [2.45, 2.75) is 19.4 Å². The maximum absolute atomic E-state index is 11.1. The zero-order valence-corrected chi connectivity index (χ0v) is 9.21. The summed E-state index contributed by atoms with van der Waals surface area (Å²) in [7, 11) is 0. The predicted octanol–water partition coefficient (Wildman–Crippen LogP) is 1.74. The lowest BCUT2D eigenvalue weighted by atomic mass is 9.91. The molecule has 16 heavy (non-hydrogen) atoms. The Bertz CT molecular complexity index is 372. The van der Waals surface area contributed by atoms with Crippen LogP contribution in [0.25, 0.3) is 0 Å². The summed E-state index contributed by atoms with van der Waals surface area (Å²) < 4.78 is 5.31. The average molecular weight is 222 g/mol. The molecule has 0 radical (unpaired) electrons. The molecule has 4 nitrogen and oxygen atoms in total. The van der Waals surface area contributed by atoms with E-state index in [-0.39, 0.29) is 0 Å². The molecule has 0 saturated carbocycles. The number of carboxylic acids is 1. The van der Waals surface area contributed by atoms with Crippen molar-refractivity contribution in [1.82, 2.24) is 0 Å². The van der Waals surface area contributed by atoms with Crippen LogP contribution in [0.3, 0.4) is 0 Å². The van der Waals surface area contributed by atoms with Crippen LogP contribution in [0.2, 0.25) is 0 Å². The normalized spacial score (nSPS) is 14.2. The zero-order valence-electron chi connectivity index (χ0n) is 9.21. The molecule has 0 aliphatic carbocycles. The van der Waals surface area contributed by atoms with Crippen LogP contribution in [-0.2, 0) is 9.59 Å². The molecule has 0 aromatic heterocycles. The van der Waals surface area contributed by atoms with Gasteiger partial charge in [-0.05, 0) is 12.1 Å². The minimum absolute atomic E-state index is 0.340. The molecule has 86 valence electrons. The number of carbonyl (C=O) groups excluding carboxylic acids is 1. The van der Waals surface area contributed by atoms with E-state index in [1.165, 1.54) is 0 Å². The number of carboxylic acid groups (broad SMARTS) is 1. The Morgan fingerprint density at radius 2 is 1.94 bits per heavy atom. The Balaban J connectivity index is 3.04. The number of aldehydes is 1. The van der Waals surface area contributed by atoms with Gasteiger partial charge < -0.3 is 9.84 Å². The van der Waals surface area contributed by atoms with Gasteiger partial charge in [-0.2, -0.15) is 0 Å². The van der Waals surface area contributed by atoms with Gasteiger partial charge in [-0.15, -0.1) is 0 Å². The van der Waals surface area contributed by atoms with Crippen molar-refractivity contribution in [2.75, 3.05) is 0 Å². The molecule has 0 aliphatic rings. The van der Waals surface area contributed by atoms with Crippen molar-refractivity contribution in [3.63, 3.8) is 0 Å². The van der Waals surface area contributed by atoms with E-state index in [9.17, 15) is 9.59 Å². The lowest BCUT2D eigenvalue weighted by Gasteiger charge is -2.28. The molecule has 0 spiro atoms. The first-order chi connectivity index (χ1) is 7.53. The summed E-state index contributed by atoms with van der Waals surface area (Å²) in [6, 6.07) is 8.44. The molecule has 0 aliphatic heterocycles. The molecule has 0 fully saturated rings. The van der Waals surface area contributed by atoms with E-state index in [2.05, 4.69) is 0 Å². The summed E-state index contributed by atoms with van der Waals surface area (Å²) in [5.74, 6) is -1.37. The van der Waals surface area contributed by atoms with Gasteiger partial charge in [0, 0.05) is 5.92 Å². The molecule has 0 amide bonds. The summed E-state index contributed by atoms with van der Waals surface area (Å²) in [5.41, 5.74) is -1.82. The number of hydrogen-bond donors (Lipinski definition) is 1. The molecule has 1 aromatic rings. The molecular formula is C12H14O4. The van der Waals surface area contributed by atoms with Crippen LogP contribution in [0.1, 0.15) is 13.8 Å². The highest BCUT2D eigenvalue weighted by Crippen LogP contribution is 2.24. The molecule has 0 saturated heterocycles. The van der Waals surface area contributed by atoms with Crippen LogP contribution in [-0.4, -0.2) is 23.0 Å². The molecule has 1 N–H and O–H groups in total. The predicted molar refractivity (Wildman–Crippen MR) is 58.3 cm³/mol. The first-order valence-electron chi connectivity index (χ1n) is 4.96. The number of hydrogen-bond acceptors (Lipinski definition) is 3. The van der Waals surface area contributed by atoms with Crippen LogP contribution in [0, 0.1) is 5.92 Å². The van der Waals surface area contributed by atoms with Crippen molar-refractivity contribution in [2.24, 2.45) is 5.92 Å². The van der Waals surface area contributed by atoms with Crippen LogP contribution >= 0.6 is 0 Å². The van der Waals surface area contributed by atoms with Gasteiger partial charge in [0.2, 0.25) is 0 Å². The maximum atomic E-state index is 11.1. The van der Waals surface area contributed by atoms with Crippen LogP contribution in [0.4, 0.5) is 0 Å². The van der Waals surface area contributed by atoms with E-state index >= 15 is 0 Å². The Hall–Kier alpha value is -1.84. The molecule has 1 rings (SSSR count). The second kappa shape index (κ2) is 4.79. The van der Waals surface area contributed by atoms with E-state index in [0.29, 0.717) is 12.0 Å². The van der Waals surface area contributed by atoms with Gasteiger partial charge in [-0.3, -0.25) is 4.79 Å². The summed E-state index contributed by atoms with van der Waals surface area (Å²) in [4.78, 5) is 22.2. The molecule has 1 aromatic carbocycles. The SMILES string of the molecule is CC(C)C(C=O)(Oc1ccccc1)C(=O)O. The first-order valence-corrected chi connectivity index (χ1v) is 4.96. The van der Waals surface area contributed by atoms with Gasteiger partial charge in [-0.25, -0.2) is 4.79 Å². The fourth-order valence-electron chi connectivity index (χ4n) is 1.30. The van der Waals surface area contributed by atoms with Gasteiger partial charge in [-0.1, -0.05) is 32.0 Å². The lowest BCUT2D eigenvalue weighted by molar-refractivity contribution is -0.161. The Labute approximate surface area is 93.9 Å². The van der Waals surface area contributed by atoms with Gasteiger partial charge in [0.1, 0.15) is 5.75 Å². The average Bonchev–Trinajstić information content (AvgIpc) is 2.26. The van der Waals surface area contributed by atoms with Gasteiger partial charge in [0.05, 0.1) is 0 Å². The number of rotatable bonds is 5. The largest absolute Gasteiger partial charge is 0.478 e. The minimum atomic E-state index is -1.82. The quantitative estimate of drug-likeness (QED) is 0.609. The standard InChI is InChI=1S/C12H14O4/c1-9(2)12(8-13,11(14)15)16-10-6-4-3-5-7-10/h3-9H,1-2H3,(H,14,15). The molecule has 1 unspecified atom stereocenters. The van der Waals surface area contributed by atoms with Crippen LogP contribution in [0.15, 0.2) is 30.3 Å². The Morgan fingerprint density at radius 3 is 2.31 bits per heavy atom. The van der Waals surface area contributed by atoms with Crippen molar-refractivity contribution in [3.05, 3.63) is 30.3 Å². The molecule has 4 heteroatoms. The topological polar surface area (TPSA) is 63.6 Å². The van der Waals surface area contributed by atoms with Crippen LogP contribution in [0.5, 0.6) is 5.75 Å². The van der Waals surface area contributed by atoms with Crippen LogP contribution < -0.4 is 4.74 Å². The van der Waals surface area contributed by atoms with Crippen molar-refractivity contribution < 1.29 is 19.4 Å². The van der Waals surface area contributed by atoms with E-state index in [1.54, 1.807) is 44.2 Å². The van der Waals surface area contributed by atoms with E-state index < -0.39 is 17.5 Å². The number of benzene rings is 1. The van der Waals surface area contributed by atoms with Crippen molar-refractivity contribution >= 4 is 12.3 Å². The molecule has 0 heterocycles. The van der Waals surface area contributed by atoms with Gasteiger partial charge >= 0.3 is 5.97 Å². The van der Waals surface area contributed by atoms with Crippen molar-refractivity contribution in [3.8, 4) is 5.75 Å². The highest BCUT2D eigenvalue weighted by atomic mass is 16.5. The van der Waals surface area contributed by atoms with Gasteiger partial charge in [0.25, 0.3) is 5.60 Å². The highest BCUT2D eigenvalue weighted by Gasteiger charge is 2.44. The third kappa shape index (κ3) is 2.21. The second-order valence-corrected chi connectivity index (χ2v) is 3.79. The summed E-state index contributed by atoms with van der Waals surface area (Å²) in [5, 5.41) is 9.10. The Kier molecular flexibility index (Phi) is 3.66. The zero-order chi connectivity index (χ0) is 12.2. The third-order valence-electron chi connectivity index (χ3n) is 2.40. The van der Waals surface area contributed by atoms with E-state index in [0.717, 1.165) is 0 Å². The number of ether oxygens (including phenoxy) is 1. The first kappa shape index (κ1) is 12.2. The highest BCUT2D eigenvalue weighted by molar-refractivity contribution is 5.96. The fraction of sp³-hybridized carbons (Fsp3) is 0.333. The molecule has 1 atom stereocenters. The molecule has 0 bridgehead atoms. The summed E-state index contributed by atoms with van der Waals surface area (Å²) in [6.45, 7) is 3.26. The maximum Gasteiger partial charge on any atom is 0.355 e. The lowest BCUT2D eigenvalue weighted by Crippen LogP contribution is -2.50. The molecular weight excluding hydrogens is 208 g/mol. The number of aliphatic carboxylic acids is 1. The summed E-state index contributed by atoms with van der Waals surface area (Å²) >= 11 is 0. The smallest absolute Gasteiger partial charge is 0.355 e. The van der Waals surface area contributed by atoms with E-state index in [4.69, 9.17) is 9.84 Å². The monoisotopic (exact) mass is 222 g/mol. The number of carbonyl (C=O) groups is 2. The minimum Gasteiger partial charge on any atom is -0.478 e. The third-order valence-corrected chi connectivity index (χ3v) is 2.40. The summed E-state index contributed by atoms with van der Waals surface area (Å²) in [6.07, 6.45) is 0.340. The van der Waals surface area contributed by atoms with Crippen molar-refractivity contribution in [1.29, 1.82) is 0 Å². The van der Waals surface area contributed by atoms with E-state index in [1.807, 2.05) is 0 Å². The second-order valence-electron chi connectivity index (χ2n) is 3.79. The number of para-hydroxylation sites is 1. The van der Waals surface area contributed by atoms with Gasteiger partial charge in [0.15, 0.2) is 6.29 Å². The Morgan fingerprint density at radius 1 is 1.38 bits per heavy atom.